The lowest BCUT2D eigenvalue weighted by atomic mass is 9.52. The van der Waals surface area contributed by atoms with Crippen LogP contribution in [0, 0.1) is 56.7 Å². The van der Waals surface area contributed by atoms with Gasteiger partial charge in [-0.25, -0.2) is 9.59 Å². The van der Waals surface area contributed by atoms with E-state index in [0.717, 1.165) is 82.6 Å². The Balaban J connectivity index is 0.000000307. The number of hydrogen-bond acceptors (Lipinski definition) is 24. The minimum absolute atomic E-state index is 0.0213. The first-order chi connectivity index (χ1) is 46.6. The van der Waals surface area contributed by atoms with Crippen molar-refractivity contribution in [2.75, 3.05) is 53.4 Å². The molecule has 0 aromatic carbocycles. The summed E-state index contributed by atoms with van der Waals surface area (Å²) in [6, 6.07) is 0. The maximum Gasteiger partial charge on any atom is 0.330 e. The van der Waals surface area contributed by atoms with Gasteiger partial charge in [-0.3, -0.25) is 57.5 Å². The van der Waals surface area contributed by atoms with E-state index in [0.29, 0.717) is 58.2 Å². The normalized spacial score (nSPS) is 21.7. The van der Waals surface area contributed by atoms with E-state index < -0.39 is 105 Å². The van der Waals surface area contributed by atoms with Crippen LogP contribution in [0.2, 0.25) is 0 Å². The highest BCUT2D eigenvalue weighted by atomic mass is 16.6. The molecule has 0 aliphatic heterocycles. The number of carboxylic acid groups (broad SMARTS) is 1. The van der Waals surface area contributed by atoms with Gasteiger partial charge in [0.15, 0.2) is 35.0 Å². The largest absolute Gasteiger partial charge is 0.481 e. The number of carbonyl (C=O) groups excluding carboxylic acids is 15. The fourth-order valence-corrected chi connectivity index (χ4v) is 13.0. The second-order valence-corrected chi connectivity index (χ2v) is 27.2. The van der Waals surface area contributed by atoms with E-state index in [-0.39, 0.29) is 98.4 Å². The van der Waals surface area contributed by atoms with Crippen LogP contribution in [0.5, 0.6) is 0 Å². The summed E-state index contributed by atoms with van der Waals surface area (Å²) in [6.45, 7) is 23.8. The molecule has 25 nitrogen and oxygen atoms in total. The summed E-state index contributed by atoms with van der Waals surface area (Å²) in [6.07, 6.45) is 20.4. The van der Waals surface area contributed by atoms with Crippen molar-refractivity contribution in [3.8, 4) is 0 Å². The molecule has 0 radical (unpaired) electrons. The summed E-state index contributed by atoms with van der Waals surface area (Å²) in [7, 11) is 1.44. The fraction of sp³-hybridized carbons (Fsp3) is 0.703. The van der Waals surface area contributed by atoms with Crippen LogP contribution in [0.1, 0.15) is 224 Å². The molecular weight excluding hydrogens is 1290 g/mol. The Bertz CT molecular complexity index is 3020. The summed E-state index contributed by atoms with van der Waals surface area (Å²) in [4.78, 5) is 185. The molecule has 99 heavy (non-hydrogen) atoms. The number of carbonyl (C=O) groups is 16. The van der Waals surface area contributed by atoms with Gasteiger partial charge in [0, 0.05) is 37.8 Å². The third-order valence-electron chi connectivity index (χ3n) is 18.7. The number of ether oxygens (including phenoxy) is 8. The van der Waals surface area contributed by atoms with E-state index >= 15 is 0 Å². The van der Waals surface area contributed by atoms with Crippen LogP contribution in [-0.2, 0) is 115 Å². The summed E-state index contributed by atoms with van der Waals surface area (Å²) in [5.41, 5.74) is 2.00. The zero-order valence-electron chi connectivity index (χ0n) is 60.2. The van der Waals surface area contributed by atoms with Crippen LogP contribution in [0.25, 0.3) is 0 Å². The molecule has 9 aliphatic carbocycles. The number of rotatable bonds is 26. The maximum atomic E-state index is 12.6. The Kier molecular flexibility index (Phi) is 34.3. The molecule has 0 amide bonds. The van der Waals surface area contributed by atoms with Gasteiger partial charge in [0.05, 0.1) is 66.2 Å². The molecule has 552 valence electrons. The van der Waals surface area contributed by atoms with Crippen molar-refractivity contribution in [2.24, 2.45) is 56.7 Å². The molecule has 0 saturated heterocycles. The fourth-order valence-electron chi connectivity index (χ4n) is 13.0. The van der Waals surface area contributed by atoms with Crippen LogP contribution >= 0.6 is 0 Å². The highest BCUT2D eigenvalue weighted by molar-refractivity contribution is 6.24. The Hall–Kier alpha value is -7.86. The molecule has 9 saturated carbocycles. The van der Waals surface area contributed by atoms with Crippen molar-refractivity contribution in [1.82, 2.24) is 0 Å². The first-order valence-electron chi connectivity index (χ1n) is 34.7. The van der Waals surface area contributed by atoms with Gasteiger partial charge in [-0.2, -0.15) is 0 Å². The first-order valence-corrected chi connectivity index (χ1v) is 34.7. The molecule has 5 atom stereocenters. The van der Waals surface area contributed by atoms with Gasteiger partial charge >= 0.3 is 53.7 Å². The molecule has 0 aromatic rings. The van der Waals surface area contributed by atoms with Gasteiger partial charge < -0.3 is 52.6 Å². The molecule has 5 unspecified atom stereocenters. The highest BCUT2D eigenvalue weighted by Gasteiger charge is 2.64. The lowest BCUT2D eigenvalue weighted by molar-refractivity contribution is -0.174. The van der Waals surface area contributed by atoms with E-state index in [1.807, 2.05) is 20.8 Å². The van der Waals surface area contributed by atoms with Gasteiger partial charge in [-0.05, 0) is 206 Å². The molecule has 25 heteroatoms. The Morgan fingerprint density at radius 3 is 1.13 bits per heavy atom. The van der Waals surface area contributed by atoms with Crippen LogP contribution in [-0.4, -0.2) is 153 Å². The molecule has 9 rings (SSSR count). The topological polar surface area (TPSA) is 367 Å². The number of methoxy groups -OCH3 is 1. The molecule has 2 spiro atoms. The zero-order chi connectivity index (χ0) is 74.6. The quantitative estimate of drug-likeness (QED) is 0.0277. The van der Waals surface area contributed by atoms with Crippen molar-refractivity contribution in [2.45, 2.75) is 224 Å². The third-order valence-corrected chi connectivity index (χ3v) is 18.7. The monoisotopic (exact) mass is 1390 g/mol. The lowest BCUT2D eigenvalue weighted by Crippen LogP contribution is -2.57. The summed E-state index contributed by atoms with van der Waals surface area (Å²) < 4.78 is 38.4. The number of ketones is 7. The Morgan fingerprint density at radius 1 is 0.465 bits per heavy atom. The van der Waals surface area contributed by atoms with Crippen molar-refractivity contribution >= 4 is 94.2 Å². The Morgan fingerprint density at radius 2 is 0.848 bits per heavy atom. The van der Waals surface area contributed by atoms with Gasteiger partial charge in [-0.15, -0.1) is 6.58 Å². The van der Waals surface area contributed by atoms with Crippen molar-refractivity contribution in [3.63, 3.8) is 0 Å². The van der Waals surface area contributed by atoms with Crippen LogP contribution in [0.4, 0.5) is 0 Å². The van der Waals surface area contributed by atoms with E-state index in [9.17, 15) is 76.7 Å². The van der Waals surface area contributed by atoms with Crippen LogP contribution in [0.15, 0.2) is 35.5 Å². The van der Waals surface area contributed by atoms with E-state index in [2.05, 4.69) is 16.1 Å². The number of allylic oxidation sites excluding steroid dienone is 3. The third kappa shape index (κ3) is 27.0. The van der Waals surface area contributed by atoms with Crippen molar-refractivity contribution < 1.29 is 120 Å². The average Bonchev–Trinajstić information content (AvgIpc) is 1.70. The number of Topliss-reactive ketones (excluding diaryl/α,β-unsaturated/α-hetero) is 7. The van der Waals surface area contributed by atoms with Crippen LogP contribution < -0.4 is 0 Å². The molecule has 9 aliphatic rings. The van der Waals surface area contributed by atoms with E-state index in [1.54, 1.807) is 46.8 Å². The van der Waals surface area contributed by atoms with Gasteiger partial charge in [-0.1, -0.05) is 23.1 Å². The van der Waals surface area contributed by atoms with E-state index in [1.165, 1.54) is 45.4 Å². The molecule has 0 aromatic heterocycles. The Labute approximate surface area is 581 Å². The summed E-state index contributed by atoms with van der Waals surface area (Å²) in [5.74, 6) is -12.6. The smallest absolute Gasteiger partial charge is 0.330 e. The summed E-state index contributed by atoms with van der Waals surface area (Å²) in [5, 5.41) is 8.49. The van der Waals surface area contributed by atoms with Crippen molar-refractivity contribution in [3.05, 3.63) is 35.5 Å². The summed E-state index contributed by atoms with van der Waals surface area (Å²) >= 11 is 0. The molecule has 0 heterocycles. The minimum Gasteiger partial charge on any atom is -0.481 e. The second-order valence-electron chi connectivity index (χ2n) is 27.2. The zero-order valence-corrected chi connectivity index (χ0v) is 60.2. The standard InChI is InChI=1S/C15H20O6.C14H18O6.C12H18O4.C10H16O2.C8H12O3.C8H12O2.C7H10O2/c1-3-20-13(18)10-9(16)8-15(6-5-7-15)11(12(10)17)14(19)21-4-2;1-3-19-12(17)9-8(15)7-14(5-6-14)10(11(9)16)13(18)20-4-2;1-4-16-11(15)10(9(3)14)12(5-6-12)7-8(2)13;1-8(2)6-10(4-5-10)7-9(11)12-3;1-6(9)4-8(2-3-8)5-7(10)11;1-2-10-8(9)6-7-4-3-5-7;1-2-9-7(8)5-6-3-4-6/h10-11H,3-8H2,1-2H3;9-10H,3-7H2,1-2H3;10H,4-7H2,1-3H3;1,4-7H2,2-3H3;2-5H2,1H3,(H,10,11);6H,2-5H2,1H3;5H,2-4H2,1H3. The average molecular weight is 1400 g/mol. The number of hydrogen-bond donors (Lipinski definition) is 1. The highest BCUT2D eigenvalue weighted by Crippen LogP contribution is 2.60. The molecule has 0 bridgehead atoms. The molecule has 1 N–H and O–H groups in total. The van der Waals surface area contributed by atoms with Crippen LogP contribution in [0.3, 0.4) is 0 Å². The minimum atomic E-state index is -1.47. The van der Waals surface area contributed by atoms with Gasteiger partial charge in [0.2, 0.25) is 0 Å². The SMILES string of the molecule is C=C(C)CC1(CC(=O)OC)CC1.CC(=O)CC1(CC(=O)O)CC1.CCOC(=O)C(C(C)=O)C1(CC(C)=O)CC1.CCOC(=O)C1C(=O)CC2(CC2)C(C(=O)OCC)C1=O.CCOC(=O)C1C(=O)CC2(CCC2)C(C(=O)OCC)C1=O.CCOC(=O)C=C1CC1.CCOC(=O)C=C1CCC1. The predicted octanol–water partition coefficient (Wildman–Crippen LogP) is 9.68. The van der Waals surface area contributed by atoms with Gasteiger partial charge in [0.25, 0.3) is 0 Å². The number of carboxylic acids is 1. The number of esters is 8. The van der Waals surface area contributed by atoms with Gasteiger partial charge in [0.1, 0.15) is 35.1 Å². The predicted molar refractivity (Wildman–Crippen MR) is 355 cm³/mol. The number of aliphatic carboxylic acids is 1. The maximum absolute atomic E-state index is 12.6. The first kappa shape index (κ1) is 85.4. The van der Waals surface area contributed by atoms with Crippen molar-refractivity contribution in [1.29, 1.82) is 0 Å². The lowest BCUT2D eigenvalue weighted by Gasteiger charge is -2.48. The van der Waals surface area contributed by atoms with E-state index in [4.69, 9.17) is 33.5 Å². The molecular formula is C74H106O25. The second kappa shape index (κ2) is 39.8. The molecule has 9 fully saturated rings.